The molecular weight excluding hydrogens is 424 g/mol. The molecule has 32 heavy (non-hydrogen) atoms. The van der Waals surface area contributed by atoms with Gasteiger partial charge in [-0.2, -0.15) is 0 Å². The fourth-order valence-corrected chi connectivity index (χ4v) is 5.14. The summed E-state index contributed by atoms with van der Waals surface area (Å²) in [4.78, 5) is 31.2. The van der Waals surface area contributed by atoms with Crippen molar-refractivity contribution in [1.29, 1.82) is 0 Å². The van der Waals surface area contributed by atoms with E-state index in [-0.39, 0.29) is 36.2 Å². The van der Waals surface area contributed by atoms with Gasteiger partial charge in [0.25, 0.3) is 5.91 Å². The Morgan fingerprint density at radius 2 is 2.00 bits per heavy atom. The number of rotatable bonds is 7. The third-order valence-electron chi connectivity index (χ3n) is 6.13. The summed E-state index contributed by atoms with van der Waals surface area (Å²) in [5.41, 5.74) is 2.32. The maximum atomic E-state index is 13.5. The molecule has 2 aliphatic rings. The molecule has 1 aliphatic heterocycles. The lowest BCUT2D eigenvalue weighted by Crippen LogP contribution is -2.48. The molecule has 3 heterocycles. The Kier molecular flexibility index (Phi) is 5.74. The van der Waals surface area contributed by atoms with Crippen LogP contribution in [0.15, 0.2) is 58.5 Å². The number of hydrogen-bond donors (Lipinski definition) is 0. The highest BCUT2D eigenvalue weighted by atomic mass is 32.1. The van der Waals surface area contributed by atoms with Gasteiger partial charge in [0.05, 0.1) is 12.3 Å². The number of aryl methyl sites for hydroxylation is 1. The van der Waals surface area contributed by atoms with Gasteiger partial charge in [-0.15, -0.1) is 11.3 Å². The van der Waals surface area contributed by atoms with Gasteiger partial charge >= 0.3 is 0 Å². The van der Waals surface area contributed by atoms with E-state index >= 15 is 0 Å². The van der Waals surface area contributed by atoms with Crippen LogP contribution >= 0.6 is 11.3 Å². The second kappa shape index (κ2) is 8.82. The van der Waals surface area contributed by atoms with E-state index in [1.807, 2.05) is 36.1 Å². The molecular formula is C25H26N2O4S. The molecule has 166 valence electrons. The van der Waals surface area contributed by atoms with Crippen molar-refractivity contribution in [2.75, 3.05) is 19.7 Å². The number of hydrogen-bond acceptors (Lipinski definition) is 5. The van der Waals surface area contributed by atoms with Crippen molar-refractivity contribution in [3.05, 3.63) is 75.9 Å². The Morgan fingerprint density at radius 1 is 1.19 bits per heavy atom. The molecule has 6 nitrogen and oxygen atoms in total. The lowest BCUT2D eigenvalue weighted by Gasteiger charge is -2.37. The van der Waals surface area contributed by atoms with Crippen molar-refractivity contribution < 1.29 is 18.7 Å². The average molecular weight is 451 g/mol. The van der Waals surface area contributed by atoms with Crippen LogP contribution in [0.4, 0.5) is 0 Å². The van der Waals surface area contributed by atoms with E-state index in [0.29, 0.717) is 13.2 Å². The molecule has 7 heteroatoms. The van der Waals surface area contributed by atoms with E-state index in [4.69, 9.17) is 9.15 Å². The zero-order valence-corrected chi connectivity index (χ0v) is 18.8. The molecule has 0 N–H and O–H groups in total. The van der Waals surface area contributed by atoms with Crippen molar-refractivity contribution in [2.24, 2.45) is 0 Å². The summed E-state index contributed by atoms with van der Waals surface area (Å²) in [6.07, 6.45) is 4.17. The number of benzene rings is 1. The predicted octanol–water partition coefficient (Wildman–Crippen LogP) is 4.46. The van der Waals surface area contributed by atoms with Gasteiger partial charge in [-0.1, -0.05) is 17.7 Å². The minimum Gasteiger partial charge on any atom is -0.491 e. The minimum absolute atomic E-state index is 0.0498. The summed E-state index contributed by atoms with van der Waals surface area (Å²) < 4.78 is 11.4. The van der Waals surface area contributed by atoms with Crippen molar-refractivity contribution >= 4 is 23.2 Å². The van der Waals surface area contributed by atoms with Gasteiger partial charge in [0, 0.05) is 17.5 Å². The van der Waals surface area contributed by atoms with Gasteiger partial charge in [0.1, 0.15) is 18.9 Å². The number of furan rings is 1. The second-order valence-corrected chi connectivity index (χ2v) is 9.42. The molecule has 2 amide bonds. The van der Waals surface area contributed by atoms with Crippen LogP contribution in [-0.4, -0.2) is 47.4 Å². The van der Waals surface area contributed by atoms with Crippen LogP contribution < -0.4 is 4.74 Å². The first kappa shape index (κ1) is 20.8. The predicted molar refractivity (Wildman–Crippen MR) is 122 cm³/mol. The normalized spacial score (nSPS) is 17.7. The van der Waals surface area contributed by atoms with Crippen LogP contribution in [0.3, 0.4) is 0 Å². The largest absolute Gasteiger partial charge is 0.491 e. The molecule has 0 radical (unpaired) electrons. The highest BCUT2D eigenvalue weighted by Gasteiger charge is 2.38. The standard InChI is InChI=1S/C25H26N2O4S/c1-17-4-8-19(9-5-17)31-16-21-20-11-14-32-23(20)10-12-26(21)24(28)15-27(18-6-7-18)25(29)22-3-2-13-30-22/h2-5,8-9,11,13-14,18,21H,6-7,10,12,15-16H2,1H3. The van der Waals surface area contributed by atoms with E-state index < -0.39 is 0 Å². The Balaban J connectivity index is 1.33. The number of nitrogens with zero attached hydrogens (tertiary/aromatic N) is 2. The summed E-state index contributed by atoms with van der Waals surface area (Å²) in [5.74, 6) is 0.804. The molecule has 0 bridgehead atoms. The summed E-state index contributed by atoms with van der Waals surface area (Å²) in [5, 5.41) is 2.08. The number of ether oxygens (including phenoxy) is 1. The lowest BCUT2D eigenvalue weighted by molar-refractivity contribution is -0.135. The highest BCUT2D eigenvalue weighted by Crippen LogP contribution is 2.35. The molecule has 3 aromatic rings. The van der Waals surface area contributed by atoms with E-state index in [2.05, 4.69) is 11.4 Å². The lowest BCUT2D eigenvalue weighted by atomic mass is 10.0. The third-order valence-corrected chi connectivity index (χ3v) is 7.13. The first-order valence-corrected chi connectivity index (χ1v) is 11.9. The molecule has 2 aromatic heterocycles. The van der Waals surface area contributed by atoms with Crippen LogP contribution in [0, 0.1) is 6.92 Å². The maximum Gasteiger partial charge on any atom is 0.290 e. The van der Waals surface area contributed by atoms with Gasteiger partial charge in [-0.25, -0.2) is 0 Å². The summed E-state index contributed by atoms with van der Waals surface area (Å²) in [6, 6.07) is 13.3. The van der Waals surface area contributed by atoms with Crippen LogP contribution in [0.2, 0.25) is 0 Å². The zero-order valence-electron chi connectivity index (χ0n) is 18.0. The Bertz CT molecular complexity index is 1090. The molecule has 1 fully saturated rings. The molecule has 0 spiro atoms. The first-order chi connectivity index (χ1) is 15.6. The van der Waals surface area contributed by atoms with Crippen molar-refractivity contribution in [3.63, 3.8) is 0 Å². The molecule has 1 atom stereocenters. The molecule has 1 aromatic carbocycles. The molecule has 1 aliphatic carbocycles. The van der Waals surface area contributed by atoms with E-state index in [9.17, 15) is 9.59 Å². The smallest absolute Gasteiger partial charge is 0.290 e. The van der Waals surface area contributed by atoms with E-state index in [1.54, 1.807) is 28.4 Å². The van der Waals surface area contributed by atoms with E-state index in [0.717, 1.165) is 30.6 Å². The second-order valence-electron chi connectivity index (χ2n) is 8.42. The Hall–Kier alpha value is -3.06. The topological polar surface area (TPSA) is 63.0 Å². The van der Waals surface area contributed by atoms with Crippen molar-refractivity contribution in [2.45, 2.75) is 38.3 Å². The van der Waals surface area contributed by atoms with Gasteiger partial charge in [-0.3, -0.25) is 9.59 Å². The average Bonchev–Trinajstić information content (AvgIpc) is 3.28. The molecule has 1 unspecified atom stereocenters. The number of carbonyl (C=O) groups excluding carboxylic acids is 2. The highest BCUT2D eigenvalue weighted by molar-refractivity contribution is 7.10. The summed E-state index contributed by atoms with van der Waals surface area (Å²) in [7, 11) is 0. The Morgan fingerprint density at radius 3 is 2.72 bits per heavy atom. The fraction of sp³-hybridized carbons (Fsp3) is 0.360. The van der Waals surface area contributed by atoms with Crippen LogP contribution in [-0.2, 0) is 11.2 Å². The van der Waals surface area contributed by atoms with Gasteiger partial charge in [0.2, 0.25) is 5.91 Å². The minimum atomic E-state index is -0.216. The van der Waals surface area contributed by atoms with Gasteiger partial charge in [0.15, 0.2) is 5.76 Å². The third kappa shape index (κ3) is 4.30. The fourth-order valence-electron chi connectivity index (χ4n) is 4.22. The van der Waals surface area contributed by atoms with E-state index in [1.165, 1.54) is 16.7 Å². The van der Waals surface area contributed by atoms with Crippen molar-refractivity contribution in [1.82, 2.24) is 9.80 Å². The monoisotopic (exact) mass is 450 g/mol. The molecule has 5 rings (SSSR count). The van der Waals surface area contributed by atoms with Crippen LogP contribution in [0.1, 0.15) is 45.4 Å². The van der Waals surface area contributed by atoms with Crippen molar-refractivity contribution in [3.8, 4) is 5.75 Å². The number of fused-ring (bicyclic) bond motifs is 1. The zero-order chi connectivity index (χ0) is 22.1. The number of thiophene rings is 1. The number of amides is 2. The molecule has 0 saturated heterocycles. The van der Waals surface area contributed by atoms with Crippen LogP contribution in [0.5, 0.6) is 5.75 Å². The van der Waals surface area contributed by atoms with Gasteiger partial charge < -0.3 is 19.0 Å². The quantitative estimate of drug-likeness (QED) is 0.533. The SMILES string of the molecule is Cc1ccc(OCC2c3ccsc3CCN2C(=O)CN(C(=O)c2ccco2)C2CC2)cc1. The van der Waals surface area contributed by atoms with Gasteiger partial charge in [-0.05, 0) is 67.5 Å². The maximum absolute atomic E-state index is 13.5. The Labute approximate surface area is 191 Å². The molecule has 1 saturated carbocycles. The first-order valence-electron chi connectivity index (χ1n) is 11.0. The summed E-state index contributed by atoms with van der Waals surface area (Å²) >= 11 is 1.73. The summed E-state index contributed by atoms with van der Waals surface area (Å²) in [6.45, 7) is 3.11. The van der Waals surface area contributed by atoms with Crippen LogP contribution in [0.25, 0.3) is 0 Å². The number of carbonyl (C=O) groups is 2.